The summed E-state index contributed by atoms with van der Waals surface area (Å²) in [5.74, 6) is 0.553. The summed E-state index contributed by atoms with van der Waals surface area (Å²) in [6.07, 6.45) is 4.75. The minimum atomic E-state index is -0.211. The minimum absolute atomic E-state index is 0.211. The highest BCUT2D eigenvalue weighted by Gasteiger charge is 2.24. The Kier molecular flexibility index (Phi) is 3.22. The van der Waals surface area contributed by atoms with Crippen LogP contribution in [0.15, 0.2) is 42.6 Å². The van der Waals surface area contributed by atoms with Gasteiger partial charge in [0.25, 0.3) is 5.91 Å². The van der Waals surface area contributed by atoms with Crippen molar-refractivity contribution in [2.75, 3.05) is 5.32 Å². The van der Waals surface area contributed by atoms with E-state index in [1.54, 1.807) is 24.0 Å². The van der Waals surface area contributed by atoms with Crippen molar-refractivity contribution in [1.29, 1.82) is 0 Å². The van der Waals surface area contributed by atoms with E-state index in [2.05, 4.69) is 15.5 Å². The van der Waals surface area contributed by atoms with E-state index in [1.165, 1.54) is 0 Å². The second kappa shape index (κ2) is 5.39. The summed E-state index contributed by atoms with van der Waals surface area (Å²) in [5, 5.41) is 11.9. The van der Waals surface area contributed by atoms with Crippen LogP contribution < -0.4 is 5.32 Å². The van der Waals surface area contributed by atoms with Crippen LogP contribution in [-0.2, 0) is 19.9 Å². The first-order valence-electron chi connectivity index (χ1n) is 7.69. The highest BCUT2D eigenvalue weighted by atomic mass is 16.2. The number of nitrogens with one attached hydrogen (secondary N) is 1. The lowest BCUT2D eigenvalue weighted by Crippen LogP contribution is -2.17. The van der Waals surface area contributed by atoms with Gasteiger partial charge < -0.3 is 5.32 Å². The quantitative estimate of drug-likeness (QED) is 0.808. The Balaban J connectivity index is 1.74. The van der Waals surface area contributed by atoms with E-state index in [-0.39, 0.29) is 5.91 Å². The van der Waals surface area contributed by atoms with E-state index in [0.29, 0.717) is 5.69 Å². The molecule has 1 aromatic carbocycles. The molecule has 2 heterocycles. The van der Waals surface area contributed by atoms with E-state index in [4.69, 9.17) is 0 Å². The van der Waals surface area contributed by atoms with Gasteiger partial charge in [0, 0.05) is 18.8 Å². The SMILES string of the molecule is Cn1ccc(C(=O)Nc2c3c(nn2-c2ccccc2)CCC3)n1. The monoisotopic (exact) mass is 307 g/mol. The van der Waals surface area contributed by atoms with Crippen LogP contribution in [0.5, 0.6) is 0 Å². The molecule has 1 N–H and O–H groups in total. The molecule has 0 spiro atoms. The fourth-order valence-electron chi connectivity index (χ4n) is 2.98. The number of aryl methyl sites for hydroxylation is 2. The number of para-hydroxylation sites is 1. The molecule has 23 heavy (non-hydrogen) atoms. The highest BCUT2D eigenvalue weighted by molar-refractivity contribution is 6.03. The summed E-state index contributed by atoms with van der Waals surface area (Å²) < 4.78 is 3.44. The van der Waals surface area contributed by atoms with Crippen LogP contribution in [0.1, 0.15) is 28.2 Å². The maximum atomic E-state index is 12.5. The van der Waals surface area contributed by atoms with Crippen LogP contribution in [0.25, 0.3) is 5.69 Å². The first-order chi connectivity index (χ1) is 11.2. The van der Waals surface area contributed by atoms with Gasteiger partial charge in [-0.1, -0.05) is 18.2 Å². The van der Waals surface area contributed by atoms with Crippen molar-refractivity contribution in [1.82, 2.24) is 19.6 Å². The number of rotatable bonds is 3. The Morgan fingerprint density at radius 1 is 1.13 bits per heavy atom. The zero-order valence-electron chi connectivity index (χ0n) is 12.9. The zero-order valence-corrected chi connectivity index (χ0v) is 12.9. The highest BCUT2D eigenvalue weighted by Crippen LogP contribution is 2.31. The molecule has 1 amide bonds. The van der Waals surface area contributed by atoms with Gasteiger partial charge >= 0.3 is 0 Å². The van der Waals surface area contributed by atoms with Gasteiger partial charge in [0.05, 0.1) is 11.4 Å². The van der Waals surface area contributed by atoms with Crippen LogP contribution in [-0.4, -0.2) is 25.5 Å². The molecule has 0 aliphatic heterocycles. The minimum Gasteiger partial charge on any atom is -0.305 e. The predicted molar refractivity (Wildman–Crippen MR) is 86.8 cm³/mol. The molecule has 3 aromatic rings. The Bertz CT molecular complexity index is 862. The maximum absolute atomic E-state index is 12.5. The number of anilines is 1. The summed E-state index contributed by atoms with van der Waals surface area (Å²) in [5.41, 5.74) is 3.56. The first-order valence-corrected chi connectivity index (χ1v) is 7.69. The van der Waals surface area contributed by atoms with Gasteiger partial charge in [0.1, 0.15) is 5.82 Å². The number of hydrogen-bond acceptors (Lipinski definition) is 3. The molecule has 0 atom stereocenters. The number of benzene rings is 1. The summed E-state index contributed by atoms with van der Waals surface area (Å²) in [6, 6.07) is 11.6. The van der Waals surface area contributed by atoms with Crippen LogP contribution in [0, 0.1) is 0 Å². The van der Waals surface area contributed by atoms with Crippen LogP contribution in [0.2, 0.25) is 0 Å². The van der Waals surface area contributed by atoms with Gasteiger partial charge in [-0.2, -0.15) is 10.2 Å². The molecule has 0 saturated carbocycles. The number of fused-ring (bicyclic) bond motifs is 1. The molecule has 0 fully saturated rings. The number of aromatic nitrogens is 4. The van der Waals surface area contributed by atoms with Gasteiger partial charge in [-0.15, -0.1) is 0 Å². The third-order valence-electron chi connectivity index (χ3n) is 4.09. The molecule has 116 valence electrons. The topological polar surface area (TPSA) is 64.7 Å². The summed E-state index contributed by atoms with van der Waals surface area (Å²) in [7, 11) is 1.79. The third kappa shape index (κ3) is 2.42. The van der Waals surface area contributed by atoms with Gasteiger partial charge in [0.15, 0.2) is 5.69 Å². The summed E-state index contributed by atoms with van der Waals surface area (Å²) >= 11 is 0. The molecule has 1 aliphatic carbocycles. The molecule has 0 radical (unpaired) electrons. The second-order valence-electron chi connectivity index (χ2n) is 5.70. The Hall–Kier alpha value is -2.89. The smallest absolute Gasteiger partial charge is 0.277 e. The van der Waals surface area contributed by atoms with Crippen molar-refractivity contribution < 1.29 is 4.79 Å². The van der Waals surface area contributed by atoms with E-state index in [9.17, 15) is 4.79 Å². The van der Waals surface area contributed by atoms with Crippen molar-refractivity contribution in [2.45, 2.75) is 19.3 Å². The molecule has 0 saturated heterocycles. The van der Waals surface area contributed by atoms with Crippen molar-refractivity contribution >= 4 is 11.7 Å². The molecule has 6 heteroatoms. The van der Waals surface area contributed by atoms with Gasteiger partial charge in [-0.3, -0.25) is 9.48 Å². The van der Waals surface area contributed by atoms with Crippen molar-refractivity contribution in [3.05, 3.63) is 59.5 Å². The van der Waals surface area contributed by atoms with Crippen molar-refractivity contribution in [3.63, 3.8) is 0 Å². The average Bonchev–Trinajstić information content (AvgIpc) is 3.25. The molecule has 1 aliphatic rings. The van der Waals surface area contributed by atoms with Gasteiger partial charge in [-0.25, -0.2) is 4.68 Å². The molecular weight excluding hydrogens is 290 g/mol. The molecule has 4 rings (SSSR count). The van der Waals surface area contributed by atoms with E-state index in [1.807, 2.05) is 35.0 Å². The lowest BCUT2D eigenvalue weighted by atomic mass is 10.2. The molecule has 0 bridgehead atoms. The van der Waals surface area contributed by atoms with Gasteiger partial charge in [-0.05, 0) is 37.5 Å². The zero-order chi connectivity index (χ0) is 15.8. The third-order valence-corrected chi connectivity index (χ3v) is 4.09. The predicted octanol–water partition coefficient (Wildman–Crippen LogP) is 2.35. The fraction of sp³-hybridized carbons (Fsp3) is 0.235. The van der Waals surface area contributed by atoms with Crippen molar-refractivity contribution in [3.8, 4) is 5.69 Å². The second-order valence-corrected chi connectivity index (χ2v) is 5.70. The summed E-state index contributed by atoms with van der Waals surface area (Å²) in [6.45, 7) is 0. The lowest BCUT2D eigenvalue weighted by Gasteiger charge is -2.10. The number of carbonyl (C=O) groups is 1. The van der Waals surface area contributed by atoms with E-state index < -0.39 is 0 Å². The number of hydrogen-bond donors (Lipinski definition) is 1. The molecule has 6 nitrogen and oxygen atoms in total. The number of carbonyl (C=O) groups excluding carboxylic acids is 1. The van der Waals surface area contributed by atoms with Gasteiger partial charge in [0.2, 0.25) is 0 Å². The normalized spacial score (nSPS) is 13.1. The lowest BCUT2D eigenvalue weighted by molar-refractivity contribution is 0.102. The Morgan fingerprint density at radius 3 is 2.70 bits per heavy atom. The van der Waals surface area contributed by atoms with Crippen LogP contribution >= 0.6 is 0 Å². The summed E-state index contributed by atoms with van der Waals surface area (Å²) in [4.78, 5) is 12.5. The molecule has 0 unspecified atom stereocenters. The maximum Gasteiger partial charge on any atom is 0.277 e. The standard InChI is InChI=1S/C17H17N5O/c1-21-11-10-15(19-21)17(23)18-16-13-8-5-9-14(13)20-22(16)12-6-3-2-4-7-12/h2-4,6-7,10-11H,5,8-9H2,1H3,(H,18,23). The molecule has 2 aromatic heterocycles. The number of amides is 1. The fourth-order valence-corrected chi connectivity index (χ4v) is 2.98. The first kappa shape index (κ1) is 13.8. The van der Waals surface area contributed by atoms with Crippen LogP contribution in [0.3, 0.4) is 0 Å². The number of nitrogens with zero attached hydrogens (tertiary/aromatic N) is 4. The van der Waals surface area contributed by atoms with Crippen molar-refractivity contribution in [2.24, 2.45) is 7.05 Å². The average molecular weight is 307 g/mol. The van der Waals surface area contributed by atoms with Crippen LogP contribution in [0.4, 0.5) is 5.82 Å². The van der Waals surface area contributed by atoms with E-state index in [0.717, 1.165) is 42.0 Å². The largest absolute Gasteiger partial charge is 0.305 e. The Morgan fingerprint density at radius 2 is 1.96 bits per heavy atom. The Labute approximate surface area is 133 Å². The molecular formula is C17H17N5O. The van der Waals surface area contributed by atoms with E-state index >= 15 is 0 Å².